The van der Waals surface area contributed by atoms with Gasteiger partial charge in [-0.15, -0.1) is 0 Å². The van der Waals surface area contributed by atoms with Crippen LogP contribution in [0.4, 0.5) is 0 Å². The van der Waals surface area contributed by atoms with E-state index in [9.17, 15) is 0 Å². The van der Waals surface area contributed by atoms with E-state index in [1.165, 1.54) is 27.4 Å². The maximum atomic E-state index is 6.59. The minimum Gasteiger partial charge on any atom is -0.456 e. The van der Waals surface area contributed by atoms with Gasteiger partial charge in [0.15, 0.2) is 11.6 Å². The van der Waals surface area contributed by atoms with Crippen molar-refractivity contribution in [2.24, 2.45) is 0 Å². The van der Waals surface area contributed by atoms with E-state index in [1.807, 2.05) is 30.3 Å². The maximum absolute atomic E-state index is 6.59. The average Bonchev–Trinajstić information content (AvgIpc) is 4.02. The summed E-state index contributed by atoms with van der Waals surface area (Å²) in [5, 5.41) is 6.65. The summed E-state index contributed by atoms with van der Waals surface area (Å²) in [7, 11) is 0. The summed E-state index contributed by atoms with van der Waals surface area (Å²) >= 11 is 0. The zero-order valence-corrected chi connectivity index (χ0v) is 33.9. The van der Waals surface area contributed by atoms with Crippen LogP contribution in [0, 0.1) is 0 Å². The second-order valence-electron chi connectivity index (χ2n) is 16.0. The van der Waals surface area contributed by atoms with E-state index < -0.39 is 0 Å². The summed E-state index contributed by atoms with van der Waals surface area (Å²) in [5.41, 5.74) is 13.4. The van der Waals surface area contributed by atoms with Crippen LogP contribution in [-0.4, -0.2) is 24.1 Å². The molecule has 0 fully saturated rings. The van der Waals surface area contributed by atoms with Gasteiger partial charge in [0.2, 0.25) is 5.95 Å². The molecule has 0 spiro atoms. The van der Waals surface area contributed by atoms with Gasteiger partial charge in [0.1, 0.15) is 11.2 Å². The Morgan fingerprint density at radius 1 is 0.317 bits per heavy atom. The Hall–Kier alpha value is -8.61. The molecule has 0 unspecified atom stereocenters. The van der Waals surface area contributed by atoms with Gasteiger partial charge in [-0.3, -0.25) is 4.57 Å². The van der Waals surface area contributed by atoms with E-state index >= 15 is 0 Å². The summed E-state index contributed by atoms with van der Waals surface area (Å²) < 4.78 is 11.1. The van der Waals surface area contributed by atoms with Gasteiger partial charge in [-0.2, -0.15) is 9.97 Å². The molecule has 4 aromatic heterocycles. The first kappa shape index (κ1) is 35.2. The van der Waals surface area contributed by atoms with Gasteiger partial charge in [0.25, 0.3) is 0 Å². The molecule has 0 bridgehead atoms. The lowest BCUT2D eigenvalue weighted by Gasteiger charge is -2.11. The first-order valence-corrected chi connectivity index (χ1v) is 21.2. The predicted octanol–water partition coefficient (Wildman–Crippen LogP) is 14.6. The third kappa shape index (κ3) is 5.62. The minimum atomic E-state index is 0.547. The third-order valence-electron chi connectivity index (χ3n) is 12.4. The molecule has 0 aliphatic heterocycles. The van der Waals surface area contributed by atoms with Gasteiger partial charge in [-0.1, -0.05) is 146 Å². The summed E-state index contributed by atoms with van der Waals surface area (Å²) in [5.74, 6) is 1.71. The second kappa shape index (κ2) is 14.0. The SMILES string of the molecule is c1ccc(-c2ccc3c(c2)c2ccccc2n3-c2nc(-c3ccccc3)nc(-c3cccc4oc5ccc(-c6ccc7c(c6)c6ccccc6n7-c6ccccc6)cc5c34)n2)cc1. The van der Waals surface area contributed by atoms with Gasteiger partial charge >= 0.3 is 0 Å². The Labute approximate surface area is 361 Å². The predicted molar refractivity (Wildman–Crippen MR) is 258 cm³/mol. The fourth-order valence-corrected chi connectivity index (χ4v) is 9.50. The highest BCUT2D eigenvalue weighted by Crippen LogP contribution is 2.41. The largest absolute Gasteiger partial charge is 0.456 e. The molecule has 6 heteroatoms. The number of benzene rings is 9. The standard InChI is InChI=1S/C57H35N5O/c1-4-15-36(16-5-1)38-27-31-51-46(33-38)43-22-11-13-25-49(43)62(51)57-59-55(37-17-6-2-7-18-37)58-56(60-57)44-23-14-26-53-54(44)47-35-40(29-32-52(47)63-53)39-28-30-50-45(34-39)42-21-10-12-24-48(42)61(50)41-19-8-3-9-20-41/h1-35H. The third-order valence-corrected chi connectivity index (χ3v) is 12.4. The number of hydrogen-bond donors (Lipinski definition) is 0. The fourth-order valence-electron chi connectivity index (χ4n) is 9.50. The van der Waals surface area contributed by atoms with Crippen molar-refractivity contribution in [3.63, 3.8) is 0 Å². The molecule has 0 amide bonds. The zero-order valence-electron chi connectivity index (χ0n) is 33.9. The van der Waals surface area contributed by atoms with Crippen molar-refractivity contribution < 1.29 is 4.42 Å². The molecule has 4 heterocycles. The molecule has 0 saturated heterocycles. The van der Waals surface area contributed by atoms with E-state index in [2.05, 4.69) is 191 Å². The summed E-state index contributed by atoms with van der Waals surface area (Å²) in [4.78, 5) is 15.8. The van der Waals surface area contributed by atoms with Crippen molar-refractivity contribution in [3.05, 3.63) is 212 Å². The van der Waals surface area contributed by atoms with Crippen molar-refractivity contribution in [3.8, 4) is 56.7 Å². The summed E-state index contributed by atoms with van der Waals surface area (Å²) in [6.45, 7) is 0. The van der Waals surface area contributed by atoms with E-state index in [-0.39, 0.29) is 0 Å². The molecule has 6 nitrogen and oxygen atoms in total. The number of rotatable bonds is 6. The molecular weight excluding hydrogens is 771 g/mol. The van der Waals surface area contributed by atoms with Gasteiger partial charge in [0.05, 0.1) is 22.1 Å². The van der Waals surface area contributed by atoms with Gasteiger partial charge in [-0.05, 0) is 89.0 Å². The molecule has 0 aliphatic rings. The van der Waals surface area contributed by atoms with Crippen LogP contribution in [0.2, 0.25) is 0 Å². The monoisotopic (exact) mass is 805 g/mol. The lowest BCUT2D eigenvalue weighted by molar-refractivity contribution is 0.669. The number of aromatic nitrogens is 5. The zero-order chi connectivity index (χ0) is 41.4. The van der Waals surface area contributed by atoms with Gasteiger partial charge in [0, 0.05) is 49.1 Å². The van der Waals surface area contributed by atoms with Gasteiger partial charge in [-0.25, -0.2) is 4.98 Å². The van der Waals surface area contributed by atoms with Crippen LogP contribution in [0.25, 0.3) is 122 Å². The molecule has 0 saturated carbocycles. The smallest absolute Gasteiger partial charge is 0.238 e. The first-order valence-electron chi connectivity index (χ1n) is 21.2. The lowest BCUT2D eigenvalue weighted by Crippen LogP contribution is -2.06. The Morgan fingerprint density at radius 3 is 1.54 bits per heavy atom. The van der Waals surface area contributed by atoms with E-state index in [0.29, 0.717) is 17.6 Å². The van der Waals surface area contributed by atoms with Crippen molar-refractivity contribution in [1.82, 2.24) is 24.1 Å². The van der Waals surface area contributed by atoms with Crippen LogP contribution >= 0.6 is 0 Å². The normalized spacial score (nSPS) is 11.8. The second-order valence-corrected chi connectivity index (χ2v) is 16.0. The molecule has 0 atom stereocenters. The molecule has 63 heavy (non-hydrogen) atoms. The molecule has 294 valence electrons. The van der Waals surface area contributed by atoms with Crippen LogP contribution in [0.1, 0.15) is 0 Å². The van der Waals surface area contributed by atoms with Crippen LogP contribution in [0.3, 0.4) is 0 Å². The Morgan fingerprint density at radius 2 is 0.841 bits per heavy atom. The van der Waals surface area contributed by atoms with Crippen molar-refractivity contribution >= 4 is 65.6 Å². The Bertz CT molecular complexity index is 3900. The first-order chi connectivity index (χ1) is 31.2. The molecule has 9 aromatic carbocycles. The topological polar surface area (TPSA) is 61.7 Å². The highest BCUT2D eigenvalue weighted by Gasteiger charge is 2.22. The van der Waals surface area contributed by atoms with Crippen LogP contribution in [0.5, 0.6) is 0 Å². The van der Waals surface area contributed by atoms with Crippen LogP contribution < -0.4 is 0 Å². The number of furan rings is 1. The highest BCUT2D eigenvalue weighted by molar-refractivity contribution is 6.14. The number of para-hydroxylation sites is 3. The van der Waals surface area contributed by atoms with Crippen molar-refractivity contribution in [1.29, 1.82) is 0 Å². The molecule has 13 aromatic rings. The number of nitrogens with zero attached hydrogens (tertiary/aromatic N) is 5. The van der Waals surface area contributed by atoms with Crippen molar-refractivity contribution in [2.45, 2.75) is 0 Å². The summed E-state index contributed by atoms with van der Waals surface area (Å²) in [6.07, 6.45) is 0. The van der Waals surface area contributed by atoms with E-state index in [4.69, 9.17) is 19.4 Å². The molecule has 0 N–H and O–H groups in total. The lowest BCUT2D eigenvalue weighted by atomic mass is 9.99. The minimum absolute atomic E-state index is 0.547. The molecule has 13 rings (SSSR count). The average molecular weight is 806 g/mol. The van der Waals surface area contributed by atoms with Gasteiger partial charge < -0.3 is 8.98 Å². The molecular formula is C57H35N5O. The quantitative estimate of drug-likeness (QED) is 0.168. The van der Waals surface area contributed by atoms with E-state index in [0.717, 1.165) is 77.2 Å². The fraction of sp³-hybridized carbons (Fsp3) is 0. The molecule has 0 aliphatic carbocycles. The van der Waals surface area contributed by atoms with E-state index in [1.54, 1.807) is 0 Å². The number of hydrogen-bond acceptors (Lipinski definition) is 4. The van der Waals surface area contributed by atoms with Crippen LogP contribution in [0.15, 0.2) is 217 Å². The van der Waals surface area contributed by atoms with Crippen molar-refractivity contribution in [2.75, 3.05) is 0 Å². The summed E-state index contributed by atoms with van der Waals surface area (Å²) in [6, 6.07) is 74.5. The Kier molecular flexibility index (Phi) is 7.80. The molecule has 0 radical (unpaired) electrons. The highest BCUT2D eigenvalue weighted by atomic mass is 16.3. The van der Waals surface area contributed by atoms with Crippen LogP contribution in [-0.2, 0) is 0 Å². The maximum Gasteiger partial charge on any atom is 0.238 e. The number of fused-ring (bicyclic) bond motifs is 9. The Balaban J connectivity index is 1.01.